The Balaban J connectivity index is 3.65. The Hall–Kier alpha value is -0.790. The fourth-order valence-electron chi connectivity index (χ4n) is 3.04. The van der Waals surface area contributed by atoms with E-state index in [0.29, 0.717) is 0 Å². The Kier molecular flexibility index (Phi) is 13.2. The maximum Gasteiger partial charge on any atom is 0.330 e. The van der Waals surface area contributed by atoms with Gasteiger partial charge in [0.1, 0.15) is 0 Å². The highest BCUT2D eigenvalue weighted by Gasteiger charge is 2.07. The van der Waals surface area contributed by atoms with Crippen molar-refractivity contribution in [3.63, 3.8) is 0 Å². The van der Waals surface area contributed by atoms with E-state index >= 15 is 0 Å². The van der Waals surface area contributed by atoms with Gasteiger partial charge in [0.05, 0.1) is 7.11 Å². The Labute approximate surface area is 145 Å². The third-order valence-electron chi connectivity index (χ3n) is 4.71. The van der Waals surface area contributed by atoms with Gasteiger partial charge in [0.15, 0.2) is 0 Å². The van der Waals surface area contributed by atoms with Crippen LogP contribution in [0, 0.1) is 17.8 Å². The molecule has 0 heterocycles. The van der Waals surface area contributed by atoms with E-state index in [2.05, 4.69) is 32.4 Å². The van der Waals surface area contributed by atoms with Crippen molar-refractivity contribution in [2.75, 3.05) is 7.11 Å². The number of carbonyl (C=O) groups is 1. The van der Waals surface area contributed by atoms with Gasteiger partial charge in [-0.05, 0) is 37.5 Å². The molecule has 0 aliphatic carbocycles. The Morgan fingerprint density at radius 1 is 0.870 bits per heavy atom. The second-order valence-corrected chi connectivity index (χ2v) is 7.87. The van der Waals surface area contributed by atoms with E-state index in [-0.39, 0.29) is 5.97 Å². The van der Waals surface area contributed by atoms with E-state index in [0.717, 1.165) is 29.7 Å². The van der Waals surface area contributed by atoms with Gasteiger partial charge in [-0.2, -0.15) is 0 Å². The van der Waals surface area contributed by atoms with Gasteiger partial charge in [-0.3, -0.25) is 0 Å². The molecule has 0 N–H and O–H groups in total. The zero-order chi connectivity index (χ0) is 17.7. The Morgan fingerprint density at radius 2 is 1.35 bits per heavy atom. The average molecular weight is 325 g/mol. The largest absolute Gasteiger partial charge is 0.466 e. The summed E-state index contributed by atoms with van der Waals surface area (Å²) in [5.74, 6) is 2.29. The fraction of sp³-hybridized carbons (Fsp3) is 0.857. The summed E-state index contributed by atoms with van der Waals surface area (Å²) in [7, 11) is 1.43. The van der Waals surface area contributed by atoms with Gasteiger partial charge in [-0.15, -0.1) is 0 Å². The molecule has 0 bridgehead atoms. The van der Waals surface area contributed by atoms with Crippen molar-refractivity contribution >= 4 is 5.97 Å². The van der Waals surface area contributed by atoms with Crippen LogP contribution in [0.4, 0.5) is 0 Å². The normalized spacial score (nSPS) is 14.8. The van der Waals surface area contributed by atoms with E-state index < -0.39 is 0 Å². The van der Waals surface area contributed by atoms with E-state index in [9.17, 15) is 4.79 Å². The summed E-state index contributed by atoms with van der Waals surface area (Å²) in [5, 5.41) is 0. The predicted octanol–water partition coefficient (Wildman–Crippen LogP) is 6.54. The van der Waals surface area contributed by atoms with Crippen LogP contribution < -0.4 is 0 Å². The van der Waals surface area contributed by atoms with Crippen molar-refractivity contribution < 1.29 is 9.53 Å². The number of methoxy groups -OCH3 is 1. The molecule has 0 radical (unpaired) electrons. The second kappa shape index (κ2) is 13.6. The van der Waals surface area contributed by atoms with Crippen LogP contribution in [0.25, 0.3) is 0 Å². The highest BCUT2D eigenvalue weighted by molar-refractivity contribution is 5.82. The molecule has 0 amide bonds. The summed E-state index contributed by atoms with van der Waals surface area (Å²) in [6.45, 7) is 11.4. The van der Waals surface area contributed by atoms with Crippen molar-refractivity contribution in [1.82, 2.24) is 0 Å². The molecule has 0 aromatic heterocycles. The standard InChI is InChI=1S/C21H40O2/c1-17(2)10-7-11-18(3)12-8-13-19(4)14-9-15-20(5)16-21(22)23-6/h16-19H,7-15H2,1-6H3/b20-16+/t18-,19-/m1/s1. The molecule has 0 aliphatic rings. The van der Waals surface area contributed by atoms with E-state index in [1.54, 1.807) is 6.08 Å². The van der Waals surface area contributed by atoms with E-state index in [1.165, 1.54) is 58.5 Å². The van der Waals surface area contributed by atoms with Crippen LogP contribution >= 0.6 is 0 Å². The molecule has 2 atom stereocenters. The summed E-state index contributed by atoms with van der Waals surface area (Å²) < 4.78 is 4.65. The lowest BCUT2D eigenvalue weighted by Crippen LogP contribution is -2.00. The van der Waals surface area contributed by atoms with Crippen LogP contribution in [0.3, 0.4) is 0 Å². The zero-order valence-electron chi connectivity index (χ0n) is 16.5. The molecule has 0 aromatic rings. The second-order valence-electron chi connectivity index (χ2n) is 7.87. The first-order chi connectivity index (χ1) is 10.8. The van der Waals surface area contributed by atoms with Gasteiger partial charge in [0.2, 0.25) is 0 Å². The first-order valence-electron chi connectivity index (χ1n) is 9.60. The van der Waals surface area contributed by atoms with Crippen LogP contribution in [0.2, 0.25) is 0 Å². The van der Waals surface area contributed by atoms with E-state index in [1.807, 2.05) is 6.92 Å². The predicted molar refractivity (Wildman–Crippen MR) is 100 cm³/mol. The SMILES string of the molecule is COC(=O)/C=C(\C)CCC[C@H](C)CCC[C@H](C)CCCC(C)C. The monoisotopic (exact) mass is 324 g/mol. The first kappa shape index (κ1) is 22.2. The maximum atomic E-state index is 11.1. The molecule has 23 heavy (non-hydrogen) atoms. The van der Waals surface area contributed by atoms with Crippen molar-refractivity contribution in [1.29, 1.82) is 0 Å². The molecule has 136 valence electrons. The van der Waals surface area contributed by atoms with E-state index in [4.69, 9.17) is 0 Å². The van der Waals surface area contributed by atoms with Gasteiger partial charge >= 0.3 is 5.97 Å². The minimum Gasteiger partial charge on any atom is -0.466 e. The lowest BCUT2D eigenvalue weighted by atomic mass is 9.91. The van der Waals surface area contributed by atoms with Crippen LogP contribution in [0.1, 0.15) is 92.4 Å². The summed E-state index contributed by atoms with van der Waals surface area (Å²) in [6.07, 6.45) is 13.3. The van der Waals surface area contributed by atoms with Gasteiger partial charge in [0, 0.05) is 6.08 Å². The minimum absolute atomic E-state index is 0.234. The Bertz CT molecular complexity index is 331. The molecule has 0 unspecified atom stereocenters. The van der Waals surface area contributed by atoms with Crippen LogP contribution in [-0.2, 0) is 9.53 Å². The summed E-state index contributed by atoms with van der Waals surface area (Å²) in [4.78, 5) is 11.1. The summed E-state index contributed by atoms with van der Waals surface area (Å²) in [5.41, 5.74) is 1.13. The third-order valence-corrected chi connectivity index (χ3v) is 4.71. The summed E-state index contributed by atoms with van der Waals surface area (Å²) >= 11 is 0. The Morgan fingerprint density at radius 3 is 1.83 bits per heavy atom. The molecule has 0 aliphatic heterocycles. The number of esters is 1. The molecule has 0 rings (SSSR count). The number of rotatable bonds is 13. The van der Waals surface area contributed by atoms with Crippen molar-refractivity contribution in [3.05, 3.63) is 11.6 Å². The molecule has 0 spiro atoms. The average Bonchev–Trinajstić information content (AvgIpc) is 2.46. The molecular weight excluding hydrogens is 284 g/mol. The first-order valence-corrected chi connectivity index (χ1v) is 9.60. The number of hydrogen-bond acceptors (Lipinski definition) is 2. The number of carbonyl (C=O) groups excluding carboxylic acids is 1. The molecule has 2 heteroatoms. The number of hydrogen-bond donors (Lipinski definition) is 0. The van der Waals surface area contributed by atoms with Gasteiger partial charge in [-0.1, -0.05) is 78.2 Å². The lowest BCUT2D eigenvalue weighted by molar-refractivity contribution is -0.134. The van der Waals surface area contributed by atoms with Crippen LogP contribution in [0.5, 0.6) is 0 Å². The quantitative estimate of drug-likeness (QED) is 0.284. The van der Waals surface area contributed by atoms with Crippen molar-refractivity contribution in [2.24, 2.45) is 17.8 Å². The third kappa shape index (κ3) is 14.5. The highest BCUT2D eigenvalue weighted by Crippen LogP contribution is 2.22. The number of ether oxygens (including phenoxy) is 1. The minimum atomic E-state index is -0.234. The van der Waals surface area contributed by atoms with Crippen molar-refractivity contribution in [2.45, 2.75) is 92.4 Å². The summed E-state index contributed by atoms with van der Waals surface area (Å²) in [6, 6.07) is 0. The molecule has 0 saturated heterocycles. The van der Waals surface area contributed by atoms with Crippen LogP contribution in [0.15, 0.2) is 11.6 Å². The maximum absolute atomic E-state index is 11.1. The zero-order valence-corrected chi connectivity index (χ0v) is 16.5. The molecule has 2 nitrogen and oxygen atoms in total. The van der Waals surface area contributed by atoms with Crippen molar-refractivity contribution in [3.8, 4) is 0 Å². The lowest BCUT2D eigenvalue weighted by Gasteiger charge is -2.15. The topological polar surface area (TPSA) is 26.3 Å². The molecule has 0 saturated carbocycles. The molecule has 0 fully saturated rings. The van der Waals surface area contributed by atoms with Crippen LogP contribution in [-0.4, -0.2) is 13.1 Å². The molecule has 0 aromatic carbocycles. The highest BCUT2D eigenvalue weighted by atomic mass is 16.5. The fourth-order valence-corrected chi connectivity index (χ4v) is 3.04. The van der Waals surface area contributed by atoms with Gasteiger partial charge in [0.25, 0.3) is 0 Å². The smallest absolute Gasteiger partial charge is 0.330 e. The van der Waals surface area contributed by atoms with Gasteiger partial charge in [-0.25, -0.2) is 4.79 Å². The molecular formula is C21H40O2. The number of allylic oxidation sites excluding steroid dienone is 1. The van der Waals surface area contributed by atoms with Gasteiger partial charge < -0.3 is 4.74 Å².